The Kier molecular flexibility index (Phi) is 5.77. The van der Waals surface area contributed by atoms with Gasteiger partial charge in [-0.1, -0.05) is 20.8 Å². The summed E-state index contributed by atoms with van der Waals surface area (Å²) in [6, 6.07) is 0.111. The lowest BCUT2D eigenvalue weighted by molar-refractivity contribution is -0.121. The van der Waals surface area contributed by atoms with Gasteiger partial charge in [-0.2, -0.15) is 0 Å². The molecule has 14 heavy (non-hydrogen) atoms. The molecule has 0 bridgehead atoms. The SMILES string of the molecule is CCC(C)(C)CNC(=O)CCC(C)N. The van der Waals surface area contributed by atoms with E-state index in [0.717, 1.165) is 19.4 Å². The predicted octanol–water partition coefficient (Wildman–Crippen LogP) is 1.67. The zero-order chi connectivity index (χ0) is 11.2. The van der Waals surface area contributed by atoms with Gasteiger partial charge in [0.1, 0.15) is 0 Å². The molecule has 0 spiro atoms. The van der Waals surface area contributed by atoms with Crippen molar-refractivity contribution in [3.05, 3.63) is 0 Å². The molecule has 0 aliphatic carbocycles. The highest BCUT2D eigenvalue weighted by Gasteiger charge is 2.15. The van der Waals surface area contributed by atoms with Crippen molar-refractivity contribution in [3.63, 3.8) is 0 Å². The van der Waals surface area contributed by atoms with Crippen molar-refractivity contribution in [2.24, 2.45) is 11.1 Å². The molecule has 84 valence electrons. The van der Waals surface area contributed by atoms with Crippen LogP contribution in [0.25, 0.3) is 0 Å². The van der Waals surface area contributed by atoms with E-state index in [1.54, 1.807) is 0 Å². The molecule has 1 unspecified atom stereocenters. The van der Waals surface area contributed by atoms with Gasteiger partial charge in [0.25, 0.3) is 0 Å². The van der Waals surface area contributed by atoms with E-state index in [9.17, 15) is 4.79 Å². The maximum absolute atomic E-state index is 11.3. The molecule has 1 atom stereocenters. The van der Waals surface area contributed by atoms with Crippen LogP contribution in [-0.4, -0.2) is 18.5 Å². The third kappa shape index (κ3) is 6.89. The Morgan fingerprint density at radius 3 is 2.50 bits per heavy atom. The second-order valence-corrected chi connectivity index (χ2v) is 4.81. The number of amides is 1. The predicted molar refractivity (Wildman–Crippen MR) is 60.0 cm³/mol. The zero-order valence-electron chi connectivity index (χ0n) is 9.89. The Hall–Kier alpha value is -0.570. The first-order valence-corrected chi connectivity index (χ1v) is 5.39. The van der Waals surface area contributed by atoms with Gasteiger partial charge in [0, 0.05) is 19.0 Å². The van der Waals surface area contributed by atoms with Gasteiger partial charge in [0.2, 0.25) is 5.91 Å². The van der Waals surface area contributed by atoms with Crippen LogP contribution >= 0.6 is 0 Å². The number of nitrogens with two attached hydrogens (primary N) is 1. The molecule has 0 saturated heterocycles. The lowest BCUT2D eigenvalue weighted by atomic mass is 9.90. The molecule has 3 N–H and O–H groups in total. The average molecular weight is 200 g/mol. The zero-order valence-corrected chi connectivity index (χ0v) is 9.89. The van der Waals surface area contributed by atoms with Crippen LogP contribution < -0.4 is 11.1 Å². The standard InChI is InChI=1S/C11H24N2O/c1-5-11(3,4)8-13-10(14)7-6-9(2)12/h9H,5-8,12H2,1-4H3,(H,13,14). The molecule has 0 heterocycles. The van der Waals surface area contributed by atoms with Crippen molar-refractivity contribution in [1.29, 1.82) is 0 Å². The Labute approximate surface area is 87.4 Å². The summed E-state index contributed by atoms with van der Waals surface area (Å²) < 4.78 is 0. The number of hydrogen-bond acceptors (Lipinski definition) is 2. The molecule has 3 heteroatoms. The van der Waals surface area contributed by atoms with Crippen LogP contribution in [-0.2, 0) is 4.79 Å². The van der Waals surface area contributed by atoms with Gasteiger partial charge in [-0.05, 0) is 25.2 Å². The van der Waals surface area contributed by atoms with Gasteiger partial charge >= 0.3 is 0 Å². The topological polar surface area (TPSA) is 55.1 Å². The Morgan fingerprint density at radius 2 is 2.07 bits per heavy atom. The van der Waals surface area contributed by atoms with Crippen molar-refractivity contribution in [2.45, 2.75) is 53.0 Å². The third-order valence-electron chi connectivity index (χ3n) is 2.55. The first-order chi connectivity index (χ1) is 6.37. The summed E-state index contributed by atoms with van der Waals surface area (Å²) in [6.07, 6.45) is 2.37. The molecular formula is C11H24N2O. The first kappa shape index (κ1) is 13.4. The molecule has 0 radical (unpaired) electrons. The van der Waals surface area contributed by atoms with Crippen LogP contribution in [0.1, 0.15) is 47.0 Å². The number of rotatable bonds is 6. The van der Waals surface area contributed by atoms with Crippen molar-refractivity contribution in [1.82, 2.24) is 5.32 Å². The highest BCUT2D eigenvalue weighted by molar-refractivity contribution is 5.75. The van der Waals surface area contributed by atoms with Crippen LogP contribution in [0.15, 0.2) is 0 Å². The molecule has 0 aromatic carbocycles. The fraction of sp³-hybridized carbons (Fsp3) is 0.909. The van der Waals surface area contributed by atoms with E-state index in [4.69, 9.17) is 5.73 Å². The van der Waals surface area contributed by atoms with E-state index in [-0.39, 0.29) is 17.4 Å². The van der Waals surface area contributed by atoms with E-state index in [1.807, 2.05) is 6.92 Å². The molecular weight excluding hydrogens is 176 g/mol. The number of nitrogens with one attached hydrogen (secondary N) is 1. The second-order valence-electron chi connectivity index (χ2n) is 4.81. The summed E-state index contributed by atoms with van der Waals surface area (Å²) >= 11 is 0. The summed E-state index contributed by atoms with van der Waals surface area (Å²) in [6.45, 7) is 9.11. The molecule has 0 rings (SSSR count). The van der Waals surface area contributed by atoms with E-state index in [1.165, 1.54) is 0 Å². The van der Waals surface area contributed by atoms with Gasteiger partial charge in [0.05, 0.1) is 0 Å². The van der Waals surface area contributed by atoms with E-state index >= 15 is 0 Å². The minimum atomic E-state index is 0.111. The maximum atomic E-state index is 11.3. The largest absolute Gasteiger partial charge is 0.356 e. The molecule has 0 aromatic rings. The summed E-state index contributed by atoms with van der Waals surface area (Å²) in [4.78, 5) is 11.3. The maximum Gasteiger partial charge on any atom is 0.220 e. The van der Waals surface area contributed by atoms with Crippen molar-refractivity contribution >= 4 is 5.91 Å². The van der Waals surface area contributed by atoms with Crippen LogP contribution in [0.4, 0.5) is 0 Å². The smallest absolute Gasteiger partial charge is 0.220 e. The van der Waals surface area contributed by atoms with Crippen LogP contribution in [0.2, 0.25) is 0 Å². The first-order valence-electron chi connectivity index (χ1n) is 5.39. The lowest BCUT2D eigenvalue weighted by Gasteiger charge is -2.22. The van der Waals surface area contributed by atoms with E-state index in [0.29, 0.717) is 6.42 Å². The quantitative estimate of drug-likeness (QED) is 0.685. The van der Waals surface area contributed by atoms with Crippen molar-refractivity contribution < 1.29 is 4.79 Å². The average Bonchev–Trinajstić information content (AvgIpc) is 2.11. The summed E-state index contributed by atoms with van der Waals surface area (Å²) in [7, 11) is 0. The van der Waals surface area contributed by atoms with Gasteiger partial charge in [-0.15, -0.1) is 0 Å². The van der Waals surface area contributed by atoms with E-state index < -0.39 is 0 Å². The minimum absolute atomic E-state index is 0.111. The monoisotopic (exact) mass is 200 g/mol. The third-order valence-corrected chi connectivity index (χ3v) is 2.55. The van der Waals surface area contributed by atoms with Gasteiger partial charge < -0.3 is 11.1 Å². The second kappa shape index (κ2) is 6.02. The normalized spacial score (nSPS) is 13.8. The minimum Gasteiger partial charge on any atom is -0.356 e. The molecule has 0 aromatic heterocycles. The van der Waals surface area contributed by atoms with Crippen molar-refractivity contribution in [2.75, 3.05) is 6.54 Å². The summed E-state index contributed by atoms with van der Waals surface area (Å²) in [5.74, 6) is 0.115. The summed E-state index contributed by atoms with van der Waals surface area (Å²) in [5.41, 5.74) is 5.77. The lowest BCUT2D eigenvalue weighted by Crippen LogP contribution is -2.34. The fourth-order valence-corrected chi connectivity index (χ4v) is 0.910. The van der Waals surface area contributed by atoms with Crippen LogP contribution in [0.3, 0.4) is 0 Å². The fourth-order valence-electron chi connectivity index (χ4n) is 0.910. The summed E-state index contributed by atoms with van der Waals surface area (Å²) in [5, 5.41) is 2.93. The number of carbonyl (C=O) groups is 1. The Balaban J connectivity index is 3.64. The van der Waals surface area contributed by atoms with Crippen molar-refractivity contribution in [3.8, 4) is 0 Å². The molecule has 0 saturated carbocycles. The van der Waals surface area contributed by atoms with Crippen LogP contribution in [0, 0.1) is 5.41 Å². The Bertz CT molecular complexity index is 176. The number of hydrogen-bond donors (Lipinski definition) is 2. The molecule has 0 aliphatic heterocycles. The molecule has 3 nitrogen and oxygen atoms in total. The highest BCUT2D eigenvalue weighted by Crippen LogP contribution is 2.17. The van der Waals surface area contributed by atoms with Gasteiger partial charge in [0.15, 0.2) is 0 Å². The molecule has 0 aliphatic rings. The van der Waals surface area contributed by atoms with Gasteiger partial charge in [-0.3, -0.25) is 4.79 Å². The molecule has 1 amide bonds. The van der Waals surface area contributed by atoms with Crippen LogP contribution in [0.5, 0.6) is 0 Å². The number of carbonyl (C=O) groups excluding carboxylic acids is 1. The molecule has 0 fully saturated rings. The van der Waals surface area contributed by atoms with Gasteiger partial charge in [-0.25, -0.2) is 0 Å². The highest BCUT2D eigenvalue weighted by atomic mass is 16.1. The Morgan fingerprint density at radius 1 is 1.50 bits per heavy atom. The van der Waals surface area contributed by atoms with E-state index in [2.05, 4.69) is 26.1 Å².